The third-order valence-corrected chi connectivity index (χ3v) is 5.13. The maximum absolute atomic E-state index is 12.6. The molecule has 0 radical (unpaired) electrons. The lowest BCUT2D eigenvalue weighted by molar-refractivity contribution is -0.158. The number of hydrogen-bond donors (Lipinski definition) is 1. The van der Waals surface area contributed by atoms with Crippen molar-refractivity contribution in [2.45, 2.75) is 26.0 Å². The number of benzene rings is 2. The van der Waals surface area contributed by atoms with E-state index in [1.165, 1.54) is 5.56 Å². The van der Waals surface area contributed by atoms with Crippen molar-refractivity contribution in [2.75, 3.05) is 19.9 Å². The van der Waals surface area contributed by atoms with Crippen LogP contribution in [0.3, 0.4) is 0 Å². The number of hydrogen-bond acceptors (Lipinski definition) is 6. The zero-order valence-corrected chi connectivity index (χ0v) is 16.6. The minimum absolute atomic E-state index is 0.112. The molecular weight excluding hydrogens is 388 g/mol. The van der Waals surface area contributed by atoms with Crippen LogP contribution in [-0.2, 0) is 27.3 Å². The van der Waals surface area contributed by atoms with E-state index in [2.05, 4.69) is 11.4 Å². The zero-order chi connectivity index (χ0) is 21.1. The Bertz CT molecular complexity index is 989. The van der Waals surface area contributed by atoms with Gasteiger partial charge in [0.05, 0.1) is 0 Å². The van der Waals surface area contributed by atoms with Crippen LogP contribution in [0.4, 0.5) is 0 Å². The van der Waals surface area contributed by atoms with Gasteiger partial charge in [-0.25, -0.2) is 0 Å². The number of fused-ring (bicyclic) bond motifs is 2. The van der Waals surface area contributed by atoms with Crippen molar-refractivity contribution < 1.29 is 28.6 Å². The minimum Gasteiger partial charge on any atom is -0.454 e. The Morgan fingerprint density at radius 2 is 1.87 bits per heavy atom. The number of ether oxygens (including phenoxy) is 3. The number of nitrogens with one attached hydrogen (secondary N) is 1. The fourth-order valence-electron chi connectivity index (χ4n) is 3.52. The van der Waals surface area contributed by atoms with E-state index in [4.69, 9.17) is 14.2 Å². The first-order valence-electron chi connectivity index (χ1n) is 9.74. The fourth-order valence-corrected chi connectivity index (χ4v) is 3.52. The van der Waals surface area contributed by atoms with Gasteiger partial charge in [0, 0.05) is 18.7 Å². The van der Waals surface area contributed by atoms with Gasteiger partial charge in [-0.2, -0.15) is 0 Å². The predicted octanol–water partition coefficient (Wildman–Crippen LogP) is 1.66. The maximum Gasteiger partial charge on any atom is 0.326 e. The van der Waals surface area contributed by atoms with Crippen LogP contribution in [0.1, 0.15) is 28.4 Å². The molecule has 156 valence electrons. The molecule has 2 aromatic rings. The molecule has 0 saturated heterocycles. The number of nitrogens with zero attached hydrogens (tertiary/aromatic N) is 1. The van der Waals surface area contributed by atoms with E-state index in [-0.39, 0.29) is 19.2 Å². The number of rotatable bonds is 5. The molecule has 0 spiro atoms. The van der Waals surface area contributed by atoms with Gasteiger partial charge in [-0.1, -0.05) is 24.3 Å². The van der Waals surface area contributed by atoms with E-state index < -0.39 is 18.0 Å². The van der Waals surface area contributed by atoms with E-state index in [0.29, 0.717) is 30.2 Å². The third-order valence-electron chi connectivity index (χ3n) is 5.13. The Morgan fingerprint density at radius 3 is 2.70 bits per heavy atom. The van der Waals surface area contributed by atoms with Crippen molar-refractivity contribution in [3.8, 4) is 11.5 Å². The Kier molecular flexibility index (Phi) is 5.56. The van der Waals surface area contributed by atoms with Crippen molar-refractivity contribution in [1.29, 1.82) is 0 Å². The van der Waals surface area contributed by atoms with Crippen molar-refractivity contribution in [1.82, 2.24) is 10.2 Å². The summed E-state index contributed by atoms with van der Waals surface area (Å²) in [4.78, 5) is 38.7. The van der Waals surface area contributed by atoms with Gasteiger partial charge in [-0.3, -0.25) is 14.4 Å². The molecule has 2 aliphatic rings. The average molecular weight is 410 g/mol. The number of esters is 1. The second kappa shape index (κ2) is 8.44. The molecule has 2 aliphatic heterocycles. The van der Waals surface area contributed by atoms with Gasteiger partial charge in [-0.15, -0.1) is 0 Å². The van der Waals surface area contributed by atoms with Crippen molar-refractivity contribution in [2.24, 2.45) is 0 Å². The Hall–Kier alpha value is -3.55. The van der Waals surface area contributed by atoms with E-state index in [1.807, 2.05) is 18.2 Å². The SMILES string of the molecule is C[C@H](OC(=O)CNC(=O)c1ccc2c(c1)OCO2)C(=O)N1CCc2ccccc2C1. The van der Waals surface area contributed by atoms with Gasteiger partial charge in [0.25, 0.3) is 11.8 Å². The summed E-state index contributed by atoms with van der Waals surface area (Å²) in [5.41, 5.74) is 2.67. The van der Waals surface area contributed by atoms with Crippen molar-refractivity contribution in [3.63, 3.8) is 0 Å². The van der Waals surface area contributed by atoms with E-state index in [1.54, 1.807) is 30.0 Å². The van der Waals surface area contributed by atoms with Crippen LogP contribution >= 0.6 is 0 Å². The highest BCUT2D eigenvalue weighted by molar-refractivity contribution is 5.96. The van der Waals surface area contributed by atoms with Gasteiger partial charge < -0.3 is 24.4 Å². The standard InChI is InChI=1S/C22H22N2O6/c1-14(22(27)24-9-8-15-4-2-3-5-17(15)12-24)30-20(25)11-23-21(26)16-6-7-18-19(10-16)29-13-28-18/h2-7,10,14H,8-9,11-13H2,1H3,(H,23,26)/t14-/m0/s1. The Morgan fingerprint density at radius 1 is 1.10 bits per heavy atom. The quantitative estimate of drug-likeness (QED) is 0.754. The van der Waals surface area contributed by atoms with Gasteiger partial charge >= 0.3 is 5.97 Å². The molecule has 2 amide bonds. The summed E-state index contributed by atoms with van der Waals surface area (Å²) in [5.74, 6) is -0.328. The smallest absolute Gasteiger partial charge is 0.326 e. The summed E-state index contributed by atoms with van der Waals surface area (Å²) in [5, 5.41) is 2.49. The first-order valence-corrected chi connectivity index (χ1v) is 9.74. The number of amides is 2. The second-order valence-electron chi connectivity index (χ2n) is 7.16. The first kappa shape index (κ1) is 19.8. The molecule has 0 aromatic heterocycles. The summed E-state index contributed by atoms with van der Waals surface area (Å²) in [6.45, 7) is 2.39. The van der Waals surface area contributed by atoms with Crippen LogP contribution in [0.5, 0.6) is 11.5 Å². The Balaban J connectivity index is 1.26. The molecule has 0 bridgehead atoms. The van der Waals surface area contributed by atoms with Crippen LogP contribution < -0.4 is 14.8 Å². The Labute approximate surface area is 173 Å². The summed E-state index contributed by atoms with van der Waals surface area (Å²) in [7, 11) is 0. The van der Waals surface area contributed by atoms with E-state index >= 15 is 0 Å². The maximum atomic E-state index is 12.6. The minimum atomic E-state index is -0.926. The zero-order valence-electron chi connectivity index (χ0n) is 16.6. The molecule has 0 fully saturated rings. The van der Waals surface area contributed by atoms with E-state index in [9.17, 15) is 14.4 Å². The molecule has 2 heterocycles. The van der Waals surface area contributed by atoms with Gasteiger partial charge in [-0.05, 0) is 42.7 Å². The lowest BCUT2D eigenvalue weighted by Crippen LogP contribution is -2.43. The van der Waals surface area contributed by atoms with Crippen LogP contribution in [0.2, 0.25) is 0 Å². The predicted molar refractivity (Wildman–Crippen MR) is 106 cm³/mol. The molecule has 1 atom stereocenters. The third kappa shape index (κ3) is 4.22. The molecular formula is C22H22N2O6. The fraction of sp³-hybridized carbons (Fsp3) is 0.318. The second-order valence-corrected chi connectivity index (χ2v) is 7.16. The molecule has 8 heteroatoms. The molecule has 4 rings (SSSR count). The number of carbonyl (C=O) groups excluding carboxylic acids is 3. The van der Waals surface area contributed by atoms with Crippen LogP contribution in [0.25, 0.3) is 0 Å². The topological polar surface area (TPSA) is 94.2 Å². The molecule has 0 saturated carbocycles. The van der Waals surface area contributed by atoms with Crippen LogP contribution in [-0.4, -0.2) is 48.7 Å². The van der Waals surface area contributed by atoms with E-state index in [0.717, 1.165) is 12.0 Å². The molecule has 1 N–H and O–H groups in total. The van der Waals surface area contributed by atoms with Gasteiger partial charge in [0.2, 0.25) is 6.79 Å². The summed E-state index contributed by atoms with van der Waals surface area (Å²) < 4.78 is 15.7. The van der Waals surface area contributed by atoms with Crippen LogP contribution in [0, 0.1) is 0 Å². The highest BCUT2D eigenvalue weighted by Crippen LogP contribution is 2.32. The van der Waals surface area contributed by atoms with Crippen molar-refractivity contribution in [3.05, 3.63) is 59.2 Å². The monoisotopic (exact) mass is 410 g/mol. The summed E-state index contributed by atoms with van der Waals surface area (Å²) >= 11 is 0. The normalized spacial score (nSPS) is 15.2. The molecule has 0 aliphatic carbocycles. The largest absolute Gasteiger partial charge is 0.454 e. The molecule has 8 nitrogen and oxygen atoms in total. The summed E-state index contributed by atoms with van der Waals surface area (Å²) in [6.07, 6.45) is -0.154. The number of carbonyl (C=O) groups is 3. The summed E-state index contributed by atoms with van der Waals surface area (Å²) in [6, 6.07) is 12.7. The average Bonchev–Trinajstić information content (AvgIpc) is 3.24. The highest BCUT2D eigenvalue weighted by atomic mass is 16.7. The lowest BCUT2D eigenvalue weighted by atomic mass is 9.99. The highest BCUT2D eigenvalue weighted by Gasteiger charge is 2.27. The first-order chi connectivity index (χ1) is 14.5. The van der Waals surface area contributed by atoms with Crippen molar-refractivity contribution >= 4 is 17.8 Å². The van der Waals surface area contributed by atoms with Gasteiger partial charge in [0.15, 0.2) is 17.6 Å². The molecule has 2 aromatic carbocycles. The lowest BCUT2D eigenvalue weighted by Gasteiger charge is -2.30. The molecule has 0 unspecified atom stereocenters. The molecule has 30 heavy (non-hydrogen) atoms. The van der Waals surface area contributed by atoms with Crippen LogP contribution in [0.15, 0.2) is 42.5 Å². The van der Waals surface area contributed by atoms with Gasteiger partial charge in [0.1, 0.15) is 6.54 Å².